The van der Waals surface area contributed by atoms with Gasteiger partial charge in [0.05, 0.1) is 19.3 Å². The van der Waals surface area contributed by atoms with Gasteiger partial charge < -0.3 is 9.84 Å². The van der Waals surface area contributed by atoms with E-state index in [9.17, 15) is 19.5 Å². The highest BCUT2D eigenvalue weighted by atomic mass is 16.5. The maximum atomic E-state index is 12.5. The number of nitrogens with zero attached hydrogens (tertiary/aromatic N) is 1. The Hall–Kier alpha value is -1.43. The van der Waals surface area contributed by atoms with Crippen molar-refractivity contribution < 1.29 is 24.2 Å². The van der Waals surface area contributed by atoms with E-state index in [0.29, 0.717) is 12.8 Å². The number of aliphatic carboxylic acids is 1. The fourth-order valence-electron chi connectivity index (χ4n) is 4.07. The molecule has 3 fully saturated rings. The molecule has 3 aliphatic rings. The number of hydrogen-bond donors (Lipinski definition) is 1. The first kappa shape index (κ1) is 14.5. The Morgan fingerprint density at radius 2 is 1.71 bits per heavy atom. The molecule has 6 heteroatoms. The summed E-state index contributed by atoms with van der Waals surface area (Å²) in [5, 5.41) is 9.20. The van der Waals surface area contributed by atoms with E-state index < -0.39 is 17.9 Å². The van der Waals surface area contributed by atoms with Crippen molar-refractivity contribution in [3.05, 3.63) is 0 Å². The molecule has 21 heavy (non-hydrogen) atoms. The molecule has 2 heterocycles. The number of carboxylic acids is 1. The van der Waals surface area contributed by atoms with E-state index in [2.05, 4.69) is 0 Å². The summed E-state index contributed by atoms with van der Waals surface area (Å²) in [5.41, 5.74) is -0.166. The Morgan fingerprint density at radius 1 is 1.10 bits per heavy atom. The summed E-state index contributed by atoms with van der Waals surface area (Å²) < 4.78 is 5.19. The van der Waals surface area contributed by atoms with Gasteiger partial charge in [-0.15, -0.1) is 0 Å². The number of carbonyl (C=O) groups excluding carboxylic acids is 2. The molecule has 1 N–H and O–H groups in total. The van der Waals surface area contributed by atoms with Gasteiger partial charge in [0.1, 0.15) is 5.92 Å². The molecule has 2 unspecified atom stereocenters. The predicted octanol–water partition coefficient (Wildman–Crippen LogP) is 1.19. The third kappa shape index (κ3) is 2.57. The zero-order valence-electron chi connectivity index (χ0n) is 12.0. The van der Waals surface area contributed by atoms with Crippen molar-refractivity contribution in [3.63, 3.8) is 0 Å². The van der Waals surface area contributed by atoms with Crippen LogP contribution in [-0.2, 0) is 19.1 Å². The molecule has 1 aliphatic carbocycles. The fraction of sp³-hybridized carbons (Fsp3) is 0.800. The second-order valence-corrected chi connectivity index (χ2v) is 6.62. The smallest absolute Gasteiger partial charge is 0.311 e. The van der Waals surface area contributed by atoms with Crippen molar-refractivity contribution in [1.82, 2.24) is 4.90 Å². The number of imide groups is 1. The van der Waals surface area contributed by atoms with E-state index in [-0.39, 0.29) is 30.4 Å². The maximum absolute atomic E-state index is 12.5. The minimum atomic E-state index is -1.00. The van der Waals surface area contributed by atoms with Crippen LogP contribution in [0.25, 0.3) is 0 Å². The van der Waals surface area contributed by atoms with Crippen molar-refractivity contribution >= 4 is 17.8 Å². The molecule has 0 aromatic heterocycles. The normalized spacial score (nSPS) is 32.7. The second-order valence-electron chi connectivity index (χ2n) is 6.62. The van der Waals surface area contributed by atoms with E-state index in [1.165, 1.54) is 11.3 Å². The van der Waals surface area contributed by atoms with Crippen LogP contribution in [0.4, 0.5) is 0 Å². The summed E-state index contributed by atoms with van der Waals surface area (Å²) in [6.45, 7) is 0.212. The number of hydrogen-bond acceptors (Lipinski definition) is 4. The quantitative estimate of drug-likeness (QED) is 0.773. The molecule has 1 saturated carbocycles. The van der Waals surface area contributed by atoms with Gasteiger partial charge in [0.15, 0.2) is 0 Å². The summed E-state index contributed by atoms with van der Waals surface area (Å²) in [6, 6.07) is -0.636. The van der Waals surface area contributed by atoms with Gasteiger partial charge in [-0.3, -0.25) is 19.3 Å². The highest BCUT2D eigenvalue weighted by molar-refractivity contribution is 5.99. The average molecular weight is 295 g/mol. The van der Waals surface area contributed by atoms with Crippen LogP contribution in [0.2, 0.25) is 0 Å². The monoisotopic (exact) mass is 295 g/mol. The van der Waals surface area contributed by atoms with Gasteiger partial charge in [-0.25, -0.2) is 0 Å². The van der Waals surface area contributed by atoms with Crippen molar-refractivity contribution in [1.29, 1.82) is 0 Å². The lowest BCUT2D eigenvalue weighted by molar-refractivity contribution is -0.160. The van der Waals surface area contributed by atoms with Gasteiger partial charge in [0, 0.05) is 12.8 Å². The molecular formula is C15H21NO5. The summed E-state index contributed by atoms with van der Waals surface area (Å²) >= 11 is 0. The number of amides is 2. The van der Waals surface area contributed by atoms with E-state index >= 15 is 0 Å². The lowest BCUT2D eigenvalue weighted by atomic mass is 9.67. The van der Waals surface area contributed by atoms with Gasteiger partial charge in [-0.1, -0.05) is 19.3 Å². The molecule has 2 atom stereocenters. The summed E-state index contributed by atoms with van der Waals surface area (Å²) in [7, 11) is 0. The predicted molar refractivity (Wildman–Crippen MR) is 72.3 cm³/mol. The van der Waals surface area contributed by atoms with Gasteiger partial charge in [-0.2, -0.15) is 0 Å². The van der Waals surface area contributed by atoms with E-state index in [4.69, 9.17) is 4.74 Å². The first-order valence-electron chi connectivity index (χ1n) is 7.68. The van der Waals surface area contributed by atoms with Crippen molar-refractivity contribution in [2.45, 2.75) is 51.0 Å². The molecule has 0 aromatic carbocycles. The molecule has 2 saturated heterocycles. The Kier molecular flexibility index (Phi) is 3.73. The lowest BCUT2D eigenvalue weighted by Gasteiger charge is -2.44. The molecule has 116 valence electrons. The minimum Gasteiger partial charge on any atom is -0.481 e. The van der Waals surface area contributed by atoms with Crippen LogP contribution >= 0.6 is 0 Å². The number of ether oxygens (including phenoxy) is 1. The average Bonchev–Trinajstić information content (AvgIpc) is 2.87. The van der Waals surface area contributed by atoms with Crippen molar-refractivity contribution in [2.24, 2.45) is 11.3 Å². The van der Waals surface area contributed by atoms with E-state index in [1.807, 2.05) is 0 Å². The van der Waals surface area contributed by atoms with Crippen molar-refractivity contribution in [2.75, 3.05) is 13.2 Å². The number of likely N-dealkylation sites (tertiary alicyclic amines) is 1. The number of carboxylic acid groups (broad SMARTS) is 1. The zero-order chi connectivity index (χ0) is 15.0. The topological polar surface area (TPSA) is 83.9 Å². The van der Waals surface area contributed by atoms with Crippen LogP contribution in [-0.4, -0.2) is 47.0 Å². The third-order valence-electron chi connectivity index (χ3n) is 5.20. The Labute approximate surface area is 123 Å². The molecule has 1 spiro atoms. The minimum absolute atomic E-state index is 0.0716. The van der Waals surface area contributed by atoms with Gasteiger partial charge in [0.25, 0.3) is 0 Å². The first-order chi connectivity index (χ1) is 10.0. The second kappa shape index (κ2) is 5.40. The number of rotatable bonds is 2. The van der Waals surface area contributed by atoms with Crippen LogP contribution in [0.1, 0.15) is 44.9 Å². The van der Waals surface area contributed by atoms with Crippen LogP contribution in [0.5, 0.6) is 0 Å². The molecule has 0 aromatic rings. The van der Waals surface area contributed by atoms with Gasteiger partial charge in [0.2, 0.25) is 11.8 Å². The molecule has 0 radical (unpaired) electrons. The Morgan fingerprint density at radius 3 is 2.29 bits per heavy atom. The first-order valence-corrected chi connectivity index (χ1v) is 7.68. The van der Waals surface area contributed by atoms with Crippen LogP contribution in [0, 0.1) is 11.3 Å². The van der Waals surface area contributed by atoms with Crippen LogP contribution < -0.4 is 0 Å². The number of piperidine rings is 1. The SMILES string of the molecule is O=C(O)C1COCC1N1C(=O)CC2(CCCCC2)CC1=O. The molecular weight excluding hydrogens is 274 g/mol. The largest absolute Gasteiger partial charge is 0.481 e. The zero-order valence-corrected chi connectivity index (χ0v) is 12.0. The molecule has 2 aliphatic heterocycles. The lowest BCUT2D eigenvalue weighted by Crippen LogP contribution is -2.55. The third-order valence-corrected chi connectivity index (χ3v) is 5.20. The standard InChI is InChI=1S/C15H21NO5/c17-12-6-15(4-2-1-3-5-15)7-13(18)16(12)11-9-21-8-10(11)14(19)20/h10-11H,1-9H2,(H,19,20). The van der Waals surface area contributed by atoms with Gasteiger partial charge in [-0.05, 0) is 18.3 Å². The fourth-order valence-corrected chi connectivity index (χ4v) is 4.07. The molecule has 0 bridgehead atoms. The van der Waals surface area contributed by atoms with Gasteiger partial charge >= 0.3 is 5.97 Å². The highest BCUT2D eigenvalue weighted by Gasteiger charge is 2.49. The Bertz CT molecular complexity index is 449. The van der Waals surface area contributed by atoms with Crippen LogP contribution in [0.3, 0.4) is 0 Å². The molecule has 2 amide bonds. The van der Waals surface area contributed by atoms with E-state index in [1.54, 1.807) is 0 Å². The van der Waals surface area contributed by atoms with E-state index in [0.717, 1.165) is 25.7 Å². The van der Waals surface area contributed by atoms with Crippen LogP contribution in [0.15, 0.2) is 0 Å². The Balaban J connectivity index is 1.77. The summed E-state index contributed by atoms with van der Waals surface area (Å²) in [4.78, 5) is 37.4. The summed E-state index contributed by atoms with van der Waals surface area (Å²) in [6.07, 6.45) is 5.94. The summed E-state index contributed by atoms with van der Waals surface area (Å²) in [5.74, 6) is -2.22. The molecule has 3 rings (SSSR count). The highest BCUT2D eigenvalue weighted by Crippen LogP contribution is 2.46. The molecule has 6 nitrogen and oxygen atoms in total. The maximum Gasteiger partial charge on any atom is 0.311 e. The number of carbonyl (C=O) groups is 3. The van der Waals surface area contributed by atoms with Crippen molar-refractivity contribution in [3.8, 4) is 0 Å².